The zero-order valence-corrected chi connectivity index (χ0v) is 12.8. The summed E-state index contributed by atoms with van der Waals surface area (Å²) in [6.07, 6.45) is -13.5. The molecule has 0 aromatic heterocycles. The van der Waals surface area contributed by atoms with Crippen molar-refractivity contribution in [1.29, 1.82) is 0 Å². The minimum Gasteiger partial charge on any atom is -0.547 e. The lowest BCUT2D eigenvalue weighted by molar-refractivity contribution is -0.360. The SMILES string of the molecule is CO[C@@H]1O[C@@H](CO)[C@@H](O[C@@H]2OC(C(=O)[O-])C[C@H](O)C2O)C(O)C1O. The number of carbonyl (C=O) groups is 1. The van der Waals surface area contributed by atoms with Gasteiger partial charge in [0, 0.05) is 13.5 Å². The molecule has 9 atom stereocenters. The molecule has 0 aromatic rings. The first-order valence-electron chi connectivity index (χ1n) is 7.33. The maximum atomic E-state index is 10.9. The van der Waals surface area contributed by atoms with Gasteiger partial charge in [0.05, 0.1) is 18.7 Å². The predicted molar refractivity (Wildman–Crippen MR) is 69.9 cm³/mol. The van der Waals surface area contributed by atoms with Gasteiger partial charge in [-0.3, -0.25) is 0 Å². The fraction of sp³-hybridized carbons (Fsp3) is 0.923. The van der Waals surface area contributed by atoms with Crippen LogP contribution in [0.4, 0.5) is 0 Å². The Labute approximate surface area is 136 Å². The van der Waals surface area contributed by atoms with Crippen molar-refractivity contribution in [3.8, 4) is 0 Å². The molecule has 0 spiro atoms. The molecule has 11 nitrogen and oxygen atoms in total. The van der Waals surface area contributed by atoms with Crippen LogP contribution in [0.5, 0.6) is 0 Å². The standard InChI is InChI=1S/C13H22O11/c1-21-12-9(18)8(17)10(6(3-14)23-12)24-13-7(16)4(15)2-5(22-13)11(19)20/h4-10,12-18H,2-3H2,1H3,(H,19,20)/p-1/t4-,5?,6-,7?,8?,9?,10+,12+,13-/m0/s1. The lowest BCUT2D eigenvalue weighted by atomic mass is 9.98. The molecule has 0 radical (unpaired) electrons. The van der Waals surface area contributed by atoms with Crippen molar-refractivity contribution in [2.24, 2.45) is 0 Å². The van der Waals surface area contributed by atoms with Crippen molar-refractivity contribution in [1.82, 2.24) is 0 Å². The van der Waals surface area contributed by atoms with Gasteiger partial charge in [-0.1, -0.05) is 0 Å². The fourth-order valence-electron chi connectivity index (χ4n) is 2.67. The third-order valence-corrected chi connectivity index (χ3v) is 4.03. The molecule has 4 unspecified atom stereocenters. The molecule has 0 aromatic carbocycles. The summed E-state index contributed by atoms with van der Waals surface area (Å²) in [6.45, 7) is -0.621. The number of ether oxygens (including phenoxy) is 4. The summed E-state index contributed by atoms with van der Waals surface area (Å²) in [6, 6.07) is 0. The molecule has 2 saturated heterocycles. The topological polar surface area (TPSA) is 178 Å². The highest BCUT2D eigenvalue weighted by atomic mass is 16.7. The van der Waals surface area contributed by atoms with Crippen LogP contribution in [0.3, 0.4) is 0 Å². The highest BCUT2D eigenvalue weighted by Gasteiger charge is 2.48. The first kappa shape index (κ1) is 19.4. The van der Waals surface area contributed by atoms with E-state index in [1.807, 2.05) is 0 Å². The van der Waals surface area contributed by atoms with E-state index >= 15 is 0 Å². The molecule has 140 valence electrons. The minimum absolute atomic E-state index is 0.398. The van der Waals surface area contributed by atoms with Crippen LogP contribution >= 0.6 is 0 Å². The van der Waals surface area contributed by atoms with Gasteiger partial charge in [-0.05, 0) is 0 Å². The van der Waals surface area contributed by atoms with Gasteiger partial charge < -0.3 is 54.4 Å². The van der Waals surface area contributed by atoms with Crippen LogP contribution in [0.1, 0.15) is 6.42 Å². The highest BCUT2D eigenvalue weighted by Crippen LogP contribution is 2.28. The zero-order valence-electron chi connectivity index (χ0n) is 12.8. The number of hydrogen-bond acceptors (Lipinski definition) is 11. The average Bonchev–Trinajstić information content (AvgIpc) is 2.55. The Morgan fingerprint density at radius 1 is 1.12 bits per heavy atom. The highest BCUT2D eigenvalue weighted by molar-refractivity contribution is 5.70. The average molecular weight is 353 g/mol. The van der Waals surface area contributed by atoms with E-state index in [-0.39, 0.29) is 0 Å². The molecule has 0 amide bonds. The third kappa shape index (κ3) is 3.85. The van der Waals surface area contributed by atoms with Gasteiger partial charge in [0.15, 0.2) is 12.6 Å². The van der Waals surface area contributed by atoms with Gasteiger partial charge in [-0.25, -0.2) is 0 Å². The van der Waals surface area contributed by atoms with Gasteiger partial charge in [-0.2, -0.15) is 0 Å². The number of aliphatic carboxylic acids is 1. The number of methoxy groups -OCH3 is 1. The van der Waals surface area contributed by atoms with Gasteiger partial charge in [-0.15, -0.1) is 0 Å². The normalized spacial score (nSPS) is 46.7. The lowest BCUT2D eigenvalue weighted by Crippen LogP contribution is -2.63. The molecular weight excluding hydrogens is 332 g/mol. The molecule has 2 rings (SSSR count). The summed E-state index contributed by atoms with van der Waals surface area (Å²) in [5.41, 5.74) is 0. The van der Waals surface area contributed by atoms with E-state index in [9.17, 15) is 35.4 Å². The van der Waals surface area contributed by atoms with Crippen molar-refractivity contribution in [2.75, 3.05) is 13.7 Å². The number of rotatable bonds is 5. The summed E-state index contributed by atoms with van der Waals surface area (Å²) in [7, 11) is 1.23. The Hall–Kier alpha value is -0.890. The molecule has 11 heteroatoms. The molecule has 0 aliphatic carbocycles. The predicted octanol–water partition coefficient (Wildman–Crippen LogP) is -4.96. The Morgan fingerprint density at radius 3 is 2.33 bits per heavy atom. The minimum atomic E-state index is -1.64. The van der Waals surface area contributed by atoms with Crippen molar-refractivity contribution < 1.29 is 54.4 Å². The molecule has 0 bridgehead atoms. The Bertz CT molecular complexity index is 430. The van der Waals surface area contributed by atoms with Crippen LogP contribution < -0.4 is 5.11 Å². The van der Waals surface area contributed by atoms with E-state index in [0.717, 1.165) is 0 Å². The summed E-state index contributed by atoms with van der Waals surface area (Å²) >= 11 is 0. The van der Waals surface area contributed by atoms with Gasteiger partial charge >= 0.3 is 0 Å². The van der Waals surface area contributed by atoms with E-state index in [1.54, 1.807) is 0 Å². The summed E-state index contributed by atoms with van der Waals surface area (Å²) < 4.78 is 20.4. The van der Waals surface area contributed by atoms with Gasteiger partial charge in [0.2, 0.25) is 0 Å². The lowest BCUT2D eigenvalue weighted by Gasteiger charge is -2.45. The summed E-state index contributed by atoms with van der Waals surface area (Å²) in [5, 5.41) is 59.9. The molecule has 2 aliphatic heterocycles. The molecule has 5 N–H and O–H groups in total. The van der Waals surface area contributed by atoms with Crippen LogP contribution in [0, 0.1) is 0 Å². The fourth-order valence-corrected chi connectivity index (χ4v) is 2.67. The van der Waals surface area contributed by atoms with E-state index in [2.05, 4.69) is 0 Å². The first-order valence-corrected chi connectivity index (χ1v) is 7.33. The smallest absolute Gasteiger partial charge is 0.187 e. The van der Waals surface area contributed by atoms with Crippen molar-refractivity contribution in [2.45, 2.75) is 61.7 Å². The number of carboxylic acid groups (broad SMARTS) is 1. The Balaban J connectivity index is 2.12. The van der Waals surface area contributed by atoms with E-state index < -0.39 is 74.3 Å². The van der Waals surface area contributed by atoms with Crippen LogP contribution in [0.15, 0.2) is 0 Å². The van der Waals surface area contributed by atoms with E-state index in [0.29, 0.717) is 0 Å². The van der Waals surface area contributed by atoms with Crippen LogP contribution in [-0.4, -0.2) is 101 Å². The largest absolute Gasteiger partial charge is 0.547 e. The summed E-state index contributed by atoms with van der Waals surface area (Å²) in [4.78, 5) is 10.9. The zero-order chi connectivity index (χ0) is 18.0. The molecule has 2 heterocycles. The Kier molecular flexibility index (Phi) is 6.47. The monoisotopic (exact) mass is 353 g/mol. The van der Waals surface area contributed by atoms with Gasteiger partial charge in [0.25, 0.3) is 0 Å². The molecule has 2 fully saturated rings. The van der Waals surface area contributed by atoms with Crippen molar-refractivity contribution >= 4 is 5.97 Å². The molecular formula is C13H21O11-. The molecule has 24 heavy (non-hydrogen) atoms. The number of carbonyl (C=O) groups excluding carboxylic acids is 1. The quantitative estimate of drug-likeness (QED) is 0.320. The number of aliphatic hydroxyl groups is 5. The second-order valence-corrected chi connectivity index (χ2v) is 5.65. The molecule has 2 aliphatic rings. The second kappa shape index (κ2) is 7.99. The van der Waals surface area contributed by atoms with Crippen molar-refractivity contribution in [3.63, 3.8) is 0 Å². The summed E-state index contributed by atoms with van der Waals surface area (Å²) in [5.74, 6) is -1.60. The van der Waals surface area contributed by atoms with Crippen LogP contribution in [0.25, 0.3) is 0 Å². The number of aliphatic hydroxyl groups excluding tert-OH is 5. The van der Waals surface area contributed by atoms with Crippen LogP contribution in [-0.2, 0) is 23.7 Å². The van der Waals surface area contributed by atoms with Crippen LogP contribution in [0.2, 0.25) is 0 Å². The number of hydrogen-bond donors (Lipinski definition) is 5. The Morgan fingerprint density at radius 2 is 1.79 bits per heavy atom. The maximum Gasteiger partial charge on any atom is 0.187 e. The second-order valence-electron chi connectivity index (χ2n) is 5.65. The van der Waals surface area contributed by atoms with Gasteiger partial charge in [0.1, 0.15) is 36.6 Å². The number of carboxylic acids is 1. The molecule has 0 saturated carbocycles. The van der Waals surface area contributed by atoms with E-state index in [1.165, 1.54) is 7.11 Å². The first-order chi connectivity index (χ1) is 11.3. The van der Waals surface area contributed by atoms with E-state index in [4.69, 9.17) is 18.9 Å². The maximum absolute atomic E-state index is 10.9. The van der Waals surface area contributed by atoms with Crippen molar-refractivity contribution in [3.05, 3.63) is 0 Å². The third-order valence-electron chi connectivity index (χ3n) is 4.03.